The van der Waals surface area contributed by atoms with Crippen LogP contribution in [0.2, 0.25) is 0 Å². The highest BCUT2D eigenvalue weighted by molar-refractivity contribution is 5.94. The Balaban J connectivity index is 2.44. The van der Waals surface area contributed by atoms with Crippen molar-refractivity contribution in [1.82, 2.24) is 9.97 Å². The molecule has 136 valence electrons. The lowest BCUT2D eigenvalue weighted by Gasteiger charge is -2.15. The Bertz CT molecular complexity index is 858. The fourth-order valence-corrected chi connectivity index (χ4v) is 2.12. The molecule has 0 aliphatic heterocycles. The van der Waals surface area contributed by atoms with Gasteiger partial charge in [0.05, 0.1) is 11.8 Å². The summed E-state index contributed by atoms with van der Waals surface area (Å²) in [5.41, 5.74) is -0.628. The van der Waals surface area contributed by atoms with Crippen molar-refractivity contribution in [3.05, 3.63) is 35.3 Å². The maximum atomic E-state index is 13.8. The van der Waals surface area contributed by atoms with Crippen LogP contribution in [0.5, 0.6) is 0 Å². The number of alkyl halides is 3. The van der Waals surface area contributed by atoms with Gasteiger partial charge in [-0.15, -0.1) is 0 Å². The van der Waals surface area contributed by atoms with Crippen molar-refractivity contribution < 1.29 is 17.6 Å². The van der Waals surface area contributed by atoms with Gasteiger partial charge in [-0.3, -0.25) is 0 Å². The molecule has 0 aliphatic rings. The lowest BCUT2D eigenvalue weighted by molar-refractivity contribution is -0.137. The molecule has 2 rings (SSSR count). The topological polar surface area (TPSA) is 110 Å². The van der Waals surface area contributed by atoms with Crippen LogP contribution in [0.3, 0.4) is 0 Å². The summed E-state index contributed by atoms with van der Waals surface area (Å²) in [6.07, 6.45) is -3.13. The molecule has 0 aliphatic carbocycles. The molecule has 0 unspecified atom stereocenters. The van der Waals surface area contributed by atoms with Crippen LogP contribution in [-0.4, -0.2) is 29.8 Å². The molecule has 1 aromatic carbocycles. The quantitative estimate of drug-likeness (QED) is 0.354. The number of hydrogen-bond acceptors (Lipinski definition) is 7. The van der Waals surface area contributed by atoms with Crippen LogP contribution in [0.1, 0.15) is 11.1 Å². The first-order valence-corrected chi connectivity index (χ1v) is 7.14. The third kappa shape index (κ3) is 4.15. The summed E-state index contributed by atoms with van der Waals surface area (Å²) in [5, 5.41) is 23.7. The predicted molar refractivity (Wildman–Crippen MR) is 88.3 cm³/mol. The Morgan fingerprint density at radius 3 is 2.58 bits per heavy atom. The van der Waals surface area contributed by atoms with E-state index in [1.165, 1.54) is 7.05 Å². The fraction of sp³-hybridized carbons (Fsp3) is 0.200. The summed E-state index contributed by atoms with van der Waals surface area (Å²) in [5.74, 6) is -1.35. The molecule has 0 atom stereocenters. The van der Waals surface area contributed by atoms with Gasteiger partial charge >= 0.3 is 6.18 Å². The second-order valence-corrected chi connectivity index (χ2v) is 4.90. The van der Waals surface area contributed by atoms with Crippen molar-refractivity contribution in [3.8, 4) is 6.07 Å². The van der Waals surface area contributed by atoms with E-state index >= 15 is 0 Å². The molecular weight excluding hydrogens is 354 g/mol. The van der Waals surface area contributed by atoms with Crippen molar-refractivity contribution in [3.63, 3.8) is 0 Å². The molecule has 4 N–H and O–H groups in total. The van der Waals surface area contributed by atoms with Gasteiger partial charge in [0.25, 0.3) is 0 Å². The van der Waals surface area contributed by atoms with Crippen LogP contribution >= 0.6 is 0 Å². The van der Waals surface area contributed by atoms with Crippen LogP contribution < -0.4 is 16.0 Å². The summed E-state index contributed by atoms with van der Waals surface area (Å²) >= 11 is 0. The summed E-state index contributed by atoms with van der Waals surface area (Å²) in [6, 6.07) is 3.96. The Labute approximate surface area is 145 Å². The highest BCUT2D eigenvalue weighted by Gasteiger charge is 2.35. The first kappa shape index (κ1) is 18.9. The van der Waals surface area contributed by atoms with Crippen molar-refractivity contribution in [2.24, 2.45) is 0 Å². The average molecular weight is 367 g/mol. The summed E-state index contributed by atoms with van der Waals surface area (Å²) < 4.78 is 52.4. The molecule has 0 spiro atoms. The van der Waals surface area contributed by atoms with E-state index in [4.69, 9.17) is 10.7 Å². The van der Waals surface area contributed by atoms with Gasteiger partial charge < -0.3 is 21.4 Å². The number of nitrogens with one attached hydrogen (secondary N) is 4. The van der Waals surface area contributed by atoms with Gasteiger partial charge in [-0.25, -0.2) is 9.37 Å². The van der Waals surface area contributed by atoms with Crippen LogP contribution in [0.4, 0.5) is 40.7 Å². The zero-order chi connectivity index (χ0) is 19.3. The Kier molecular flexibility index (Phi) is 5.56. The predicted octanol–water partition coefficient (Wildman–Crippen LogP) is 3.35. The largest absolute Gasteiger partial charge is 0.421 e. The molecule has 0 saturated heterocycles. The lowest BCUT2D eigenvalue weighted by Crippen LogP contribution is -2.13. The highest BCUT2D eigenvalue weighted by atomic mass is 19.4. The molecule has 0 radical (unpaired) electrons. The minimum absolute atomic E-state index is 0.0576. The SMILES string of the molecule is CNc1nc(Nc2cc(F)cc(NCC#N)c2C=N)ncc1C(F)(F)F. The smallest absolute Gasteiger partial charge is 0.372 e. The Hall–Kier alpha value is -3.42. The number of hydrogen-bond donors (Lipinski definition) is 4. The summed E-state index contributed by atoms with van der Waals surface area (Å²) in [7, 11) is 1.27. The summed E-state index contributed by atoms with van der Waals surface area (Å²) in [6.45, 7) is -0.121. The van der Waals surface area contributed by atoms with Gasteiger partial charge in [0.2, 0.25) is 5.95 Å². The number of anilines is 4. The third-order valence-corrected chi connectivity index (χ3v) is 3.22. The maximum absolute atomic E-state index is 13.8. The van der Waals surface area contributed by atoms with E-state index in [-0.39, 0.29) is 29.4 Å². The lowest BCUT2D eigenvalue weighted by atomic mass is 10.1. The molecule has 2 aromatic rings. The molecule has 1 aromatic heterocycles. The normalized spacial score (nSPS) is 10.8. The van der Waals surface area contributed by atoms with Crippen LogP contribution in [0, 0.1) is 22.6 Å². The number of nitrogens with zero attached hydrogens (tertiary/aromatic N) is 3. The number of rotatable bonds is 6. The molecule has 11 heteroatoms. The van der Waals surface area contributed by atoms with E-state index in [2.05, 4.69) is 25.9 Å². The average Bonchev–Trinajstić information content (AvgIpc) is 2.58. The fourth-order valence-electron chi connectivity index (χ4n) is 2.12. The van der Waals surface area contributed by atoms with Crippen molar-refractivity contribution in [2.75, 3.05) is 29.5 Å². The van der Waals surface area contributed by atoms with Crippen molar-refractivity contribution in [1.29, 1.82) is 10.7 Å². The second kappa shape index (κ2) is 7.64. The molecular formula is C15H13F4N7. The van der Waals surface area contributed by atoms with Crippen LogP contribution in [0.25, 0.3) is 0 Å². The molecule has 0 saturated carbocycles. The Morgan fingerprint density at radius 1 is 1.31 bits per heavy atom. The van der Waals surface area contributed by atoms with E-state index in [9.17, 15) is 17.6 Å². The standard InChI is InChI=1S/C15H13F4N7/c1-22-13-10(15(17,18)19)7-24-14(26-13)25-12-5-8(16)4-11(9(12)6-21)23-3-2-20/h4-7,21,23H,3H2,1H3,(H2,22,24,25,26). The van der Waals surface area contributed by atoms with Gasteiger partial charge in [0.15, 0.2) is 0 Å². The molecule has 0 fully saturated rings. The van der Waals surface area contributed by atoms with Gasteiger partial charge in [0.1, 0.15) is 23.7 Å². The van der Waals surface area contributed by atoms with Gasteiger partial charge in [0, 0.05) is 30.7 Å². The first-order valence-electron chi connectivity index (χ1n) is 7.14. The van der Waals surface area contributed by atoms with E-state index in [0.29, 0.717) is 6.20 Å². The van der Waals surface area contributed by atoms with Crippen molar-refractivity contribution in [2.45, 2.75) is 6.18 Å². The second-order valence-electron chi connectivity index (χ2n) is 4.90. The number of benzene rings is 1. The number of nitriles is 1. The van der Waals surface area contributed by atoms with Gasteiger partial charge in [-0.1, -0.05) is 0 Å². The number of halogens is 4. The van der Waals surface area contributed by atoms with E-state index in [1.807, 2.05) is 6.07 Å². The minimum atomic E-state index is -4.63. The first-order chi connectivity index (χ1) is 12.3. The zero-order valence-electron chi connectivity index (χ0n) is 13.4. The number of aromatic nitrogens is 2. The minimum Gasteiger partial charge on any atom is -0.372 e. The van der Waals surface area contributed by atoms with E-state index in [0.717, 1.165) is 18.3 Å². The third-order valence-electron chi connectivity index (χ3n) is 3.22. The molecule has 0 amide bonds. The molecule has 1 heterocycles. The summed E-state index contributed by atoms with van der Waals surface area (Å²) in [4.78, 5) is 7.32. The Morgan fingerprint density at radius 2 is 2.00 bits per heavy atom. The maximum Gasteiger partial charge on any atom is 0.421 e. The van der Waals surface area contributed by atoms with E-state index in [1.54, 1.807) is 0 Å². The molecule has 26 heavy (non-hydrogen) atoms. The van der Waals surface area contributed by atoms with Gasteiger partial charge in [-0.05, 0) is 12.1 Å². The molecule has 0 bridgehead atoms. The molecule has 7 nitrogen and oxygen atoms in total. The zero-order valence-corrected chi connectivity index (χ0v) is 13.4. The highest BCUT2D eigenvalue weighted by Crippen LogP contribution is 2.34. The van der Waals surface area contributed by atoms with Crippen LogP contribution in [-0.2, 0) is 6.18 Å². The van der Waals surface area contributed by atoms with E-state index < -0.39 is 23.4 Å². The monoisotopic (exact) mass is 367 g/mol. The van der Waals surface area contributed by atoms with Crippen LogP contribution in [0.15, 0.2) is 18.3 Å². The van der Waals surface area contributed by atoms with Gasteiger partial charge in [-0.2, -0.15) is 23.4 Å². The van der Waals surface area contributed by atoms with Crippen molar-refractivity contribution >= 4 is 29.4 Å².